The van der Waals surface area contributed by atoms with E-state index in [2.05, 4.69) is 10.1 Å². The Morgan fingerprint density at radius 3 is 2.40 bits per heavy atom. The monoisotopic (exact) mass is 347 g/mol. The van der Waals surface area contributed by atoms with Crippen molar-refractivity contribution in [1.82, 2.24) is 14.8 Å². The Labute approximate surface area is 138 Å². The number of nitrogens with two attached hydrogens (primary N) is 1. The van der Waals surface area contributed by atoms with E-state index in [0.717, 1.165) is 23.0 Å². The largest absolute Gasteiger partial charge is 0.416 e. The van der Waals surface area contributed by atoms with Gasteiger partial charge >= 0.3 is 6.18 Å². The van der Waals surface area contributed by atoms with Crippen LogP contribution in [0, 0.1) is 17.1 Å². The summed E-state index contributed by atoms with van der Waals surface area (Å²) in [5.74, 6) is -0.819. The van der Waals surface area contributed by atoms with E-state index in [1.54, 1.807) is 0 Å². The van der Waals surface area contributed by atoms with Gasteiger partial charge in [-0.1, -0.05) is 0 Å². The third-order valence-corrected chi connectivity index (χ3v) is 3.44. The molecule has 5 nitrogen and oxygen atoms in total. The zero-order valence-electron chi connectivity index (χ0n) is 12.4. The molecule has 0 saturated heterocycles. The molecule has 1 aromatic carbocycles. The van der Waals surface area contributed by atoms with Gasteiger partial charge in [-0.2, -0.15) is 28.2 Å². The Hall–Kier alpha value is -3.41. The summed E-state index contributed by atoms with van der Waals surface area (Å²) in [6, 6.07) is 8.58. The number of nitrogen functional groups attached to an aromatic ring is 1. The molecule has 0 aliphatic carbocycles. The first kappa shape index (κ1) is 16.4. The van der Waals surface area contributed by atoms with E-state index in [0.29, 0.717) is 5.56 Å². The fourth-order valence-corrected chi connectivity index (χ4v) is 2.24. The normalized spacial score (nSPS) is 11.3. The van der Waals surface area contributed by atoms with Crippen LogP contribution in [0.5, 0.6) is 0 Å². The van der Waals surface area contributed by atoms with Crippen LogP contribution in [0.1, 0.15) is 11.1 Å². The molecule has 0 bridgehead atoms. The van der Waals surface area contributed by atoms with Gasteiger partial charge in [0.25, 0.3) is 0 Å². The van der Waals surface area contributed by atoms with Gasteiger partial charge in [0.05, 0.1) is 5.56 Å². The van der Waals surface area contributed by atoms with Crippen molar-refractivity contribution in [3.63, 3.8) is 0 Å². The topological polar surface area (TPSA) is 80.5 Å². The molecule has 2 aromatic heterocycles. The molecule has 0 amide bonds. The molecule has 3 aromatic rings. The van der Waals surface area contributed by atoms with Crippen LogP contribution in [0.4, 0.5) is 23.4 Å². The highest BCUT2D eigenvalue weighted by molar-refractivity contribution is 5.73. The molecule has 126 valence electrons. The second-order valence-electron chi connectivity index (χ2n) is 5.04. The van der Waals surface area contributed by atoms with Gasteiger partial charge in [-0.3, -0.25) is 0 Å². The number of alkyl halides is 3. The Kier molecular flexibility index (Phi) is 3.88. The summed E-state index contributed by atoms with van der Waals surface area (Å²) in [6.07, 6.45) is -3.58. The van der Waals surface area contributed by atoms with Crippen LogP contribution >= 0.6 is 0 Å². The average molecular weight is 347 g/mol. The maximum atomic E-state index is 13.1. The Morgan fingerprint density at radius 1 is 1.12 bits per heavy atom. The molecule has 0 fully saturated rings. The molecule has 2 heterocycles. The van der Waals surface area contributed by atoms with Gasteiger partial charge in [0.15, 0.2) is 5.82 Å². The number of hydrogen-bond donors (Lipinski definition) is 1. The van der Waals surface area contributed by atoms with Crippen LogP contribution < -0.4 is 5.73 Å². The van der Waals surface area contributed by atoms with Crippen molar-refractivity contribution in [3.8, 4) is 23.1 Å². The minimum Gasteiger partial charge on any atom is -0.382 e. The van der Waals surface area contributed by atoms with E-state index in [-0.39, 0.29) is 22.9 Å². The van der Waals surface area contributed by atoms with Gasteiger partial charge in [-0.05, 0) is 36.4 Å². The quantitative estimate of drug-likeness (QED) is 0.719. The lowest BCUT2D eigenvalue weighted by Gasteiger charge is -2.08. The minimum atomic E-state index is -4.56. The van der Waals surface area contributed by atoms with Crippen LogP contribution in [0.15, 0.2) is 42.6 Å². The highest BCUT2D eigenvalue weighted by Crippen LogP contribution is 2.32. The summed E-state index contributed by atoms with van der Waals surface area (Å²) in [4.78, 5) is 3.83. The molecule has 0 aliphatic rings. The third kappa shape index (κ3) is 3.01. The molecule has 0 aliphatic heterocycles. The van der Waals surface area contributed by atoms with E-state index < -0.39 is 17.6 Å². The van der Waals surface area contributed by atoms with Crippen LogP contribution in [-0.4, -0.2) is 14.8 Å². The summed E-state index contributed by atoms with van der Waals surface area (Å²) in [5.41, 5.74) is 5.42. The minimum absolute atomic E-state index is 0.0363. The van der Waals surface area contributed by atoms with E-state index in [9.17, 15) is 22.8 Å². The van der Waals surface area contributed by atoms with Gasteiger partial charge in [0.1, 0.15) is 29.0 Å². The zero-order valence-corrected chi connectivity index (χ0v) is 12.4. The van der Waals surface area contributed by atoms with Crippen molar-refractivity contribution in [2.24, 2.45) is 0 Å². The molecule has 25 heavy (non-hydrogen) atoms. The molecule has 0 saturated carbocycles. The first-order valence-electron chi connectivity index (χ1n) is 6.89. The number of pyridine rings is 1. The number of aromatic nitrogens is 3. The molecule has 9 heteroatoms. The fraction of sp³-hybridized carbons (Fsp3) is 0.0625. The zero-order chi connectivity index (χ0) is 18.2. The van der Waals surface area contributed by atoms with Gasteiger partial charge in [0.2, 0.25) is 0 Å². The maximum absolute atomic E-state index is 13.1. The van der Waals surface area contributed by atoms with Gasteiger partial charge in [-0.15, -0.1) is 0 Å². The highest BCUT2D eigenvalue weighted by atomic mass is 19.4. The molecular formula is C16H9F4N5. The summed E-state index contributed by atoms with van der Waals surface area (Å²) >= 11 is 0. The van der Waals surface area contributed by atoms with Gasteiger partial charge in [0, 0.05) is 11.8 Å². The van der Waals surface area contributed by atoms with Crippen molar-refractivity contribution < 1.29 is 17.6 Å². The number of halogens is 4. The van der Waals surface area contributed by atoms with Crippen molar-refractivity contribution >= 4 is 5.82 Å². The lowest BCUT2D eigenvalue weighted by atomic mass is 10.1. The van der Waals surface area contributed by atoms with E-state index in [1.165, 1.54) is 24.3 Å². The number of rotatable bonds is 2. The van der Waals surface area contributed by atoms with E-state index in [1.807, 2.05) is 6.07 Å². The maximum Gasteiger partial charge on any atom is 0.416 e. The summed E-state index contributed by atoms with van der Waals surface area (Å²) in [6.45, 7) is 0. The second-order valence-corrected chi connectivity index (χ2v) is 5.04. The number of anilines is 1. The molecule has 0 unspecified atom stereocenters. The van der Waals surface area contributed by atoms with Crippen molar-refractivity contribution in [1.29, 1.82) is 5.26 Å². The first-order chi connectivity index (χ1) is 11.8. The summed E-state index contributed by atoms with van der Waals surface area (Å²) in [5, 5.41) is 13.4. The van der Waals surface area contributed by atoms with Crippen LogP contribution in [0.3, 0.4) is 0 Å². The van der Waals surface area contributed by atoms with Gasteiger partial charge in [-0.25, -0.2) is 9.37 Å². The number of nitrogens with zero attached hydrogens (tertiary/aromatic N) is 4. The van der Waals surface area contributed by atoms with E-state index >= 15 is 0 Å². The molecule has 0 spiro atoms. The predicted octanol–water partition coefficient (Wildman–Crippen LogP) is 3.55. The highest BCUT2D eigenvalue weighted by Gasteiger charge is 2.31. The average Bonchev–Trinajstić information content (AvgIpc) is 2.91. The summed E-state index contributed by atoms with van der Waals surface area (Å²) < 4.78 is 52.6. The van der Waals surface area contributed by atoms with Crippen molar-refractivity contribution in [2.75, 3.05) is 5.73 Å². The molecule has 0 atom stereocenters. The van der Waals surface area contributed by atoms with Crippen molar-refractivity contribution in [3.05, 3.63) is 59.5 Å². The number of hydrogen-bond acceptors (Lipinski definition) is 4. The predicted molar refractivity (Wildman–Crippen MR) is 80.9 cm³/mol. The third-order valence-electron chi connectivity index (χ3n) is 3.44. The van der Waals surface area contributed by atoms with Crippen molar-refractivity contribution in [2.45, 2.75) is 6.18 Å². The SMILES string of the molecule is N#Cc1c(-c2ccc(F)cc2)nn(-c2cc(C(F)(F)F)ccn2)c1N. The second kappa shape index (κ2) is 5.90. The molecule has 0 radical (unpaired) electrons. The standard InChI is InChI=1S/C16H9F4N5/c17-11-3-1-9(2-4-11)14-12(8-21)15(22)25(24-14)13-7-10(5-6-23-13)16(18,19)20/h1-7H,22H2. The van der Waals surface area contributed by atoms with Gasteiger partial charge < -0.3 is 5.73 Å². The summed E-state index contributed by atoms with van der Waals surface area (Å²) in [7, 11) is 0. The van der Waals surface area contributed by atoms with Crippen LogP contribution in [-0.2, 0) is 6.18 Å². The Morgan fingerprint density at radius 2 is 1.80 bits per heavy atom. The lowest BCUT2D eigenvalue weighted by Crippen LogP contribution is -2.09. The smallest absolute Gasteiger partial charge is 0.382 e. The fourth-order valence-electron chi connectivity index (χ4n) is 2.24. The van der Waals surface area contributed by atoms with Crippen LogP contribution in [0.25, 0.3) is 17.1 Å². The molecule has 3 rings (SSSR count). The molecule has 2 N–H and O–H groups in total. The number of nitriles is 1. The Bertz CT molecular complexity index is 968. The Balaban J connectivity index is 2.16. The molecular weight excluding hydrogens is 338 g/mol. The van der Waals surface area contributed by atoms with E-state index in [4.69, 9.17) is 5.73 Å². The number of benzene rings is 1. The first-order valence-corrected chi connectivity index (χ1v) is 6.89. The lowest BCUT2D eigenvalue weighted by molar-refractivity contribution is -0.137. The van der Waals surface area contributed by atoms with Crippen LogP contribution in [0.2, 0.25) is 0 Å².